The molecule has 1 rings (SSSR count). The molecule has 0 aliphatic rings. The lowest BCUT2D eigenvalue weighted by molar-refractivity contribution is -0.385. The lowest BCUT2D eigenvalue weighted by atomic mass is 10.1. The number of hydrogen-bond donors (Lipinski definition) is 0. The van der Waals surface area contributed by atoms with Gasteiger partial charge >= 0.3 is 0 Å². The molecule has 16 heavy (non-hydrogen) atoms. The van der Waals surface area contributed by atoms with Gasteiger partial charge in [-0.05, 0) is 6.08 Å². The normalized spacial score (nSPS) is 9.56. The molecule has 1 aromatic carbocycles. The van der Waals surface area contributed by atoms with Gasteiger partial charge in [0.15, 0.2) is 0 Å². The minimum absolute atomic E-state index is 0.0196. The number of likely N-dealkylation sites (N-methyl/N-ethyl adjacent to an activating group) is 1. The van der Waals surface area contributed by atoms with Gasteiger partial charge in [-0.15, -0.1) is 0 Å². The fraction of sp³-hybridized carbons (Fsp3) is 0.182. The molecule has 0 saturated carbocycles. The second-order valence-corrected chi connectivity index (χ2v) is 3.28. The Morgan fingerprint density at radius 1 is 1.56 bits per heavy atom. The third kappa shape index (κ3) is 2.66. The molecule has 0 aliphatic heterocycles. The topological polar surface area (TPSA) is 63.5 Å². The van der Waals surface area contributed by atoms with E-state index in [2.05, 4.69) is 6.58 Å². The number of benzene rings is 1. The van der Waals surface area contributed by atoms with Crippen molar-refractivity contribution in [2.75, 3.05) is 7.05 Å². The Morgan fingerprint density at radius 3 is 2.75 bits per heavy atom. The summed E-state index contributed by atoms with van der Waals surface area (Å²) in [5, 5.41) is 10.7. The number of nitro benzene ring substituents is 1. The van der Waals surface area contributed by atoms with E-state index in [0.29, 0.717) is 5.56 Å². The highest BCUT2D eigenvalue weighted by Crippen LogP contribution is 2.18. The van der Waals surface area contributed by atoms with Crippen LogP contribution in [0.15, 0.2) is 36.9 Å². The molecule has 0 heterocycles. The van der Waals surface area contributed by atoms with Gasteiger partial charge in [-0.3, -0.25) is 14.9 Å². The van der Waals surface area contributed by atoms with Crippen molar-refractivity contribution in [1.29, 1.82) is 0 Å². The van der Waals surface area contributed by atoms with Gasteiger partial charge in [-0.25, -0.2) is 0 Å². The van der Waals surface area contributed by atoms with E-state index in [0.717, 1.165) is 0 Å². The average Bonchev–Trinajstić information content (AvgIpc) is 2.28. The van der Waals surface area contributed by atoms with E-state index >= 15 is 0 Å². The van der Waals surface area contributed by atoms with Gasteiger partial charge in [0.2, 0.25) is 5.91 Å². The zero-order valence-corrected chi connectivity index (χ0v) is 8.92. The lowest BCUT2D eigenvalue weighted by Gasteiger charge is -2.14. The Bertz CT molecular complexity index is 429. The summed E-state index contributed by atoms with van der Waals surface area (Å²) in [6, 6.07) is 6.35. The molecule has 0 saturated heterocycles. The molecule has 0 bridgehead atoms. The molecule has 5 heteroatoms. The molecule has 0 aliphatic carbocycles. The van der Waals surface area contributed by atoms with Crippen molar-refractivity contribution in [2.24, 2.45) is 0 Å². The number of carbonyl (C=O) groups excluding carboxylic acids is 1. The third-order valence-electron chi connectivity index (χ3n) is 2.15. The number of nitrogens with zero attached hydrogens (tertiary/aromatic N) is 2. The average molecular weight is 220 g/mol. The maximum atomic E-state index is 11.2. The van der Waals surface area contributed by atoms with Gasteiger partial charge < -0.3 is 4.90 Å². The van der Waals surface area contributed by atoms with Crippen LogP contribution in [0.25, 0.3) is 0 Å². The zero-order valence-electron chi connectivity index (χ0n) is 8.92. The second-order valence-electron chi connectivity index (χ2n) is 3.28. The molecule has 0 spiro atoms. The SMILES string of the molecule is C=CC(=O)N(C)Cc1ccccc1[N+](=O)[O-]. The van der Waals surface area contributed by atoms with Gasteiger partial charge in [0, 0.05) is 18.7 Å². The Kier molecular flexibility index (Phi) is 3.77. The van der Waals surface area contributed by atoms with Crippen molar-refractivity contribution in [3.63, 3.8) is 0 Å². The minimum atomic E-state index is -0.457. The highest BCUT2D eigenvalue weighted by molar-refractivity contribution is 5.86. The summed E-state index contributed by atoms with van der Waals surface area (Å²) in [7, 11) is 1.57. The number of carbonyl (C=O) groups is 1. The highest BCUT2D eigenvalue weighted by atomic mass is 16.6. The molecule has 0 unspecified atom stereocenters. The molecule has 1 aromatic rings. The predicted molar refractivity (Wildman–Crippen MR) is 59.8 cm³/mol. The Balaban J connectivity index is 2.92. The zero-order chi connectivity index (χ0) is 12.1. The van der Waals surface area contributed by atoms with Gasteiger partial charge in [-0.1, -0.05) is 24.8 Å². The second kappa shape index (κ2) is 5.06. The van der Waals surface area contributed by atoms with Crippen molar-refractivity contribution < 1.29 is 9.72 Å². The van der Waals surface area contributed by atoms with Crippen LogP contribution in [0.2, 0.25) is 0 Å². The maximum Gasteiger partial charge on any atom is 0.274 e. The van der Waals surface area contributed by atoms with E-state index < -0.39 is 4.92 Å². The fourth-order valence-corrected chi connectivity index (χ4v) is 1.31. The van der Waals surface area contributed by atoms with Crippen molar-refractivity contribution in [2.45, 2.75) is 6.54 Å². The van der Waals surface area contributed by atoms with Crippen LogP contribution in [-0.2, 0) is 11.3 Å². The van der Waals surface area contributed by atoms with Crippen LogP contribution in [0.4, 0.5) is 5.69 Å². The van der Waals surface area contributed by atoms with Crippen LogP contribution in [-0.4, -0.2) is 22.8 Å². The number of nitro groups is 1. The molecule has 5 nitrogen and oxygen atoms in total. The molecule has 0 N–H and O–H groups in total. The number of hydrogen-bond acceptors (Lipinski definition) is 3. The molecule has 0 fully saturated rings. The lowest BCUT2D eigenvalue weighted by Crippen LogP contribution is -2.24. The summed E-state index contributed by atoms with van der Waals surface area (Å²) in [4.78, 5) is 22.9. The van der Waals surface area contributed by atoms with Crippen molar-refractivity contribution in [3.05, 3.63) is 52.6 Å². The molecular weight excluding hydrogens is 208 g/mol. The van der Waals surface area contributed by atoms with Crippen LogP contribution in [0.5, 0.6) is 0 Å². The molecular formula is C11H12N2O3. The van der Waals surface area contributed by atoms with Crippen LogP contribution < -0.4 is 0 Å². The van der Waals surface area contributed by atoms with E-state index in [1.165, 1.54) is 17.0 Å². The van der Waals surface area contributed by atoms with Crippen molar-refractivity contribution in [1.82, 2.24) is 4.90 Å². The molecule has 0 atom stereocenters. The fourth-order valence-electron chi connectivity index (χ4n) is 1.31. The number of para-hydroxylation sites is 1. The molecule has 0 radical (unpaired) electrons. The minimum Gasteiger partial charge on any atom is -0.338 e. The van der Waals surface area contributed by atoms with Gasteiger partial charge in [0.05, 0.1) is 11.5 Å². The Morgan fingerprint density at radius 2 is 2.19 bits per heavy atom. The van der Waals surface area contributed by atoms with E-state index in [9.17, 15) is 14.9 Å². The first kappa shape index (κ1) is 11.9. The van der Waals surface area contributed by atoms with Gasteiger partial charge in [0.1, 0.15) is 0 Å². The van der Waals surface area contributed by atoms with E-state index in [1.54, 1.807) is 25.2 Å². The van der Waals surface area contributed by atoms with Crippen LogP contribution in [0.3, 0.4) is 0 Å². The summed E-state index contributed by atoms with van der Waals surface area (Å²) in [5.74, 6) is -0.266. The summed E-state index contributed by atoms with van der Waals surface area (Å²) in [6.07, 6.45) is 1.18. The smallest absolute Gasteiger partial charge is 0.274 e. The van der Waals surface area contributed by atoms with Gasteiger partial charge in [0.25, 0.3) is 5.69 Å². The highest BCUT2D eigenvalue weighted by Gasteiger charge is 2.15. The summed E-state index contributed by atoms with van der Waals surface area (Å²) in [5.41, 5.74) is 0.524. The van der Waals surface area contributed by atoms with Crippen LogP contribution >= 0.6 is 0 Å². The summed E-state index contributed by atoms with van der Waals surface area (Å²) >= 11 is 0. The molecule has 84 valence electrons. The number of rotatable bonds is 4. The Hall–Kier alpha value is -2.17. The van der Waals surface area contributed by atoms with E-state index in [1.807, 2.05) is 0 Å². The molecule has 1 amide bonds. The third-order valence-corrected chi connectivity index (χ3v) is 2.15. The monoisotopic (exact) mass is 220 g/mol. The first-order chi connectivity index (χ1) is 7.56. The summed E-state index contributed by atoms with van der Waals surface area (Å²) in [6.45, 7) is 3.55. The van der Waals surface area contributed by atoms with E-state index in [4.69, 9.17) is 0 Å². The first-order valence-corrected chi connectivity index (χ1v) is 4.66. The largest absolute Gasteiger partial charge is 0.338 e. The van der Waals surface area contributed by atoms with Crippen molar-refractivity contribution in [3.8, 4) is 0 Å². The van der Waals surface area contributed by atoms with Crippen LogP contribution in [0, 0.1) is 10.1 Å². The number of amides is 1. The maximum absolute atomic E-state index is 11.2. The first-order valence-electron chi connectivity index (χ1n) is 4.66. The van der Waals surface area contributed by atoms with Gasteiger partial charge in [-0.2, -0.15) is 0 Å². The van der Waals surface area contributed by atoms with E-state index in [-0.39, 0.29) is 18.1 Å². The van der Waals surface area contributed by atoms with Crippen molar-refractivity contribution >= 4 is 11.6 Å². The Labute approximate surface area is 93.1 Å². The summed E-state index contributed by atoms with van der Waals surface area (Å²) < 4.78 is 0. The van der Waals surface area contributed by atoms with Crippen LogP contribution in [0.1, 0.15) is 5.56 Å². The standard InChI is InChI=1S/C11H12N2O3/c1-3-11(14)12(2)8-9-6-4-5-7-10(9)13(15)16/h3-7H,1,8H2,2H3. The quantitative estimate of drug-likeness (QED) is 0.441. The molecule has 0 aromatic heterocycles. The predicted octanol–water partition coefficient (Wildman–Crippen LogP) is 1.74.